The Kier molecular flexibility index (Phi) is 3.00. The summed E-state index contributed by atoms with van der Waals surface area (Å²) in [7, 11) is 1.83. The van der Waals surface area contributed by atoms with E-state index in [0.717, 1.165) is 5.56 Å². The lowest BCUT2D eigenvalue weighted by Gasteiger charge is -2.02. The fraction of sp³-hybridized carbons (Fsp3) is 0.167. The van der Waals surface area contributed by atoms with Crippen LogP contribution >= 0.6 is 0 Å². The maximum Gasteiger partial charge on any atom is 0.271 e. The van der Waals surface area contributed by atoms with E-state index in [1.54, 1.807) is 17.1 Å². The number of imidazole rings is 1. The van der Waals surface area contributed by atoms with Gasteiger partial charge in [0.25, 0.3) is 5.91 Å². The van der Waals surface area contributed by atoms with Crippen molar-refractivity contribution in [2.75, 3.05) is 0 Å². The van der Waals surface area contributed by atoms with Crippen LogP contribution in [-0.4, -0.2) is 15.5 Å². The lowest BCUT2D eigenvalue weighted by molar-refractivity contribution is 0.0946. The molecule has 0 saturated carbocycles. The Bertz CT molecular complexity index is 476. The van der Waals surface area contributed by atoms with Gasteiger partial charge in [-0.3, -0.25) is 4.79 Å². The third kappa shape index (κ3) is 2.48. The molecule has 4 heteroatoms. The highest BCUT2D eigenvalue weighted by atomic mass is 16.1. The van der Waals surface area contributed by atoms with E-state index in [0.29, 0.717) is 12.2 Å². The molecule has 0 spiro atoms. The summed E-state index contributed by atoms with van der Waals surface area (Å²) in [5.41, 5.74) is 1.52. The topological polar surface area (TPSA) is 46.9 Å². The van der Waals surface area contributed by atoms with Gasteiger partial charge in [0, 0.05) is 19.8 Å². The highest BCUT2D eigenvalue weighted by Gasteiger charge is 2.07. The number of rotatable bonds is 3. The maximum atomic E-state index is 11.6. The van der Waals surface area contributed by atoms with E-state index in [9.17, 15) is 4.79 Å². The Labute approximate surface area is 93.9 Å². The van der Waals surface area contributed by atoms with E-state index in [1.807, 2.05) is 37.4 Å². The van der Waals surface area contributed by atoms with Gasteiger partial charge in [-0.05, 0) is 5.56 Å². The monoisotopic (exact) mass is 215 g/mol. The predicted octanol–water partition coefficient (Wildman–Crippen LogP) is 1.35. The zero-order valence-electron chi connectivity index (χ0n) is 9.05. The van der Waals surface area contributed by atoms with Gasteiger partial charge in [0.2, 0.25) is 0 Å². The second-order valence-electron chi connectivity index (χ2n) is 3.59. The zero-order valence-corrected chi connectivity index (χ0v) is 9.05. The van der Waals surface area contributed by atoms with Crippen molar-refractivity contribution in [1.29, 1.82) is 0 Å². The molecule has 0 aliphatic rings. The van der Waals surface area contributed by atoms with Gasteiger partial charge in [0.15, 0.2) is 0 Å². The third-order valence-electron chi connectivity index (χ3n) is 2.23. The molecule has 1 aromatic heterocycles. The number of nitrogens with zero attached hydrogens (tertiary/aromatic N) is 2. The van der Waals surface area contributed by atoms with Gasteiger partial charge in [-0.25, -0.2) is 4.98 Å². The lowest BCUT2D eigenvalue weighted by Crippen LogP contribution is -2.23. The van der Waals surface area contributed by atoms with Crippen LogP contribution in [0.4, 0.5) is 0 Å². The number of carbonyl (C=O) groups excluding carboxylic acids is 1. The molecule has 0 unspecified atom stereocenters. The van der Waals surface area contributed by atoms with Gasteiger partial charge in [-0.2, -0.15) is 0 Å². The van der Waals surface area contributed by atoms with Crippen molar-refractivity contribution in [3.8, 4) is 0 Å². The Balaban J connectivity index is 1.94. The highest BCUT2D eigenvalue weighted by molar-refractivity contribution is 5.91. The van der Waals surface area contributed by atoms with Crippen LogP contribution in [0, 0.1) is 0 Å². The number of aromatic nitrogens is 2. The van der Waals surface area contributed by atoms with E-state index in [4.69, 9.17) is 0 Å². The second-order valence-corrected chi connectivity index (χ2v) is 3.59. The molecule has 82 valence electrons. The van der Waals surface area contributed by atoms with E-state index >= 15 is 0 Å². The third-order valence-corrected chi connectivity index (χ3v) is 2.23. The molecule has 0 aliphatic heterocycles. The van der Waals surface area contributed by atoms with Gasteiger partial charge >= 0.3 is 0 Å². The van der Waals surface area contributed by atoms with Gasteiger partial charge in [-0.15, -0.1) is 0 Å². The molecule has 0 aliphatic carbocycles. The summed E-state index contributed by atoms with van der Waals surface area (Å²) in [6.07, 6.45) is 3.30. The molecule has 0 radical (unpaired) electrons. The van der Waals surface area contributed by atoms with Crippen molar-refractivity contribution in [2.24, 2.45) is 7.05 Å². The van der Waals surface area contributed by atoms with Crippen LogP contribution in [0.25, 0.3) is 0 Å². The maximum absolute atomic E-state index is 11.6. The van der Waals surface area contributed by atoms with Crippen LogP contribution < -0.4 is 5.32 Å². The summed E-state index contributed by atoms with van der Waals surface area (Å²) in [5, 5.41) is 2.81. The number of benzene rings is 1. The Morgan fingerprint density at radius 2 is 2.12 bits per heavy atom. The molecule has 1 N–H and O–H groups in total. The van der Waals surface area contributed by atoms with Crippen LogP contribution in [0.15, 0.2) is 42.9 Å². The summed E-state index contributed by atoms with van der Waals surface area (Å²) >= 11 is 0. The Hall–Kier alpha value is -2.10. The van der Waals surface area contributed by atoms with Gasteiger partial charge < -0.3 is 9.88 Å². The van der Waals surface area contributed by atoms with Crippen LogP contribution in [0.3, 0.4) is 0 Å². The number of hydrogen-bond donors (Lipinski definition) is 1. The van der Waals surface area contributed by atoms with Gasteiger partial charge in [-0.1, -0.05) is 30.3 Å². The number of amides is 1. The largest absolute Gasteiger partial charge is 0.347 e. The molecule has 1 aromatic carbocycles. The molecule has 1 amide bonds. The van der Waals surface area contributed by atoms with E-state index in [-0.39, 0.29) is 5.91 Å². The average Bonchev–Trinajstić information content (AvgIpc) is 2.74. The molecular formula is C12H13N3O. The van der Waals surface area contributed by atoms with Crippen LogP contribution in [-0.2, 0) is 13.6 Å². The Morgan fingerprint density at radius 3 is 2.75 bits per heavy atom. The normalized spacial score (nSPS) is 10.1. The molecular weight excluding hydrogens is 202 g/mol. The molecule has 0 fully saturated rings. The number of aryl methyl sites for hydroxylation is 1. The minimum atomic E-state index is -0.149. The zero-order chi connectivity index (χ0) is 11.4. The fourth-order valence-electron chi connectivity index (χ4n) is 1.40. The first-order valence-electron chi connectivity index (χ1n) is 5.06. The highest BCUT2D eigenvalue weighted by Crippen LogP contribution is 1.99. The first kappa shape index (κ1) is 10.4. The number of carbonyl (C=O) groups is 1. The molecule has 0 bridgehead atoms. The standard InChI is InChI=1S/C12H13N3O/c1-15-8-11(14-9-15)12(16)13-7-10-5-3-2-4-6-10/h2-6,8-9H,7H2,1H3,(H,13,16). The van der Waals surface area contributed by atoms with Crippen LogP contribution in [0.5, 0.6) is 0 Å². The number of nitrogens with one attached hydrogen (secondary N) is 1. The molecule has 2 aromatic rings. The van der Waals surface area contributed by atoms with Crippen LogP contribution in [0.2, 0.25) is 0 Å². The van der Waals surface area contributed by atoms with Gasteiger partial charge in [0.05, 0.1) is 6.33 Å². The first-order chi connectivity index (χ1) is 7.75. The van der Waals surface area contributed by atoms with E-state index < -0.39 is 0 Å². The Morgan fingerprint density at radius 1 is 1.38 bits per heavy atom. The number of hydrogen-bond acceptors (Lipinski definition) is 2. The summed E-state index contributed by atoms with van der Waals surface area (Å²) in [6.45, 7) is 0.524. The van der Waals surface area contributed by atoms with Gasteiger partial charge in [0.1, 0.15) is 5.69 Å². The molecule has 16 heavy (non-hydrogen) atoms. The molecule has 0 saturated heterocycles. The van der Waals surface area contributed by atoms with Crippen molar-refractivity contribution in [2.45, 2.75) is 6.54 Å². The van der Waals surface area contributed by atoms with Crippen molar-refractivity contribution in [1.82, 2.24) is 14.9 Å². The molecule has 0 atom stereocenters. The first-order valence-corrected chi connectivity index (χ1v) is 5.06. The van der Waals surface area contributed by atoms with E-state index in [1.165, 1.54) is 0 Å². The van der Waals surface area contributed by atoms with Crippen molar-refractivity contribution < 1.29 is 4.79 Å². The van der Waals surface area contributed by atoms with Crippen molar-refractivity contribution in [3.05, 3.63) is 54.1 Å². The predicted molar refractivity (Wildman–Crippen MR) is 60.8 cm³/mol. The van der Waals surface area contributed by atoms with E-state index in [2.05, 4.69) is 10.3 Å². The van der Waals surface area contributed by atoms with Crippen molar-refractivity contribution >= 4 is 5.91 Å². The minimum Gasteiger partial charge on any atom is -0.347 e. The summed E-state index contributed by atoms with van der Waals surface area (Å²) < 4.78 is 1.75. The molecule has 4 nitrogen and oxygen atoms in total. The average molecular weight is 215 g/mol. The minimum absolute atomic E-state index is 0.149. The molecule has 1 heterocycles. The molecule has 2 rings (SSSR count). The lowest BCUT2D eigenvalue weighted by atomic mass is 10.2. The van der Waals surface area contributed by atoms with Crippen molar-refractivity contribution in [3.63, 3.8) is 0 Å². The summed E-state index contributed by atoms with van der Waals surface area (Å²) in [6, 6.07) is 9.78. The smallest absolute Gasteiger partial charge is 0.271 e. The SMILES string of the molecule is Cn1cnc(C(=O)NCc2ccccc2)c1. The fourth-order valence-corrected chi connectivity index (χ4v) is 1.40. The summed E-state index contributed by atoms with van der Waals surface area (Å²) in [5.74, 6) is -0.149. The quantitative estimate of drug-likeness (QED) is 0.840. The second kappa shape index (κ2) is 4.61. The van der Waals surface area contributed by atoms with Crippen LogP contribution in [0.1, 0.15) is 16.1 Å². The summed E-state index contributed by atoms with van der Waals surface area (Å²) in [4.78, 5) is 15.6.